The van der Waals surface area contributed by atoms with E-state index < -0.39 is 23.1 Å². The summed E-state index contributed by atoms with van der Waals surface area (Å²) in [4.78, 5) is 28.0. The van der Waals surface area contributed by atoms with Crippen molar-refractivity contribution in [1.82, 2.24) is 9.88 Å². The quantitative estimate of drug-likeness (QED) is 0.741. The van der Waals surface area contributed by atoms with E-state index in [4.69, 9.17) is 17.3 Å². The third-order valence-electron chi connectivity index (χ3n) is 4.95. The fourth-order valence-corrected chi connectivity index (χ4v) is 3.74. The number of benzene rings is 1. The Morgan fingerprint density at radius 2 is 2.04 bits per heavy atom. The molecule has 3 N–H and O–H groups in total. The van der Waals surface area contributed by atoms with E-state index in [9.17, 15) is 14.0 Å². The van der Waals surface area contributed by atoms with Crippen molar-refractivity contribution in [2.45, 2.75) is 20.3 Å². The van der Waals surface area contributed by atoms with E-state index in [1.54, 1.807) is 6.92 Å². The Hall–Kier alpha value is -2.51. The van der Waals surface area contributed by atoms with Gasteiger partial charge in [0.05, 0.1) is 10.5 Å². The molecule has 1 aromatic carbocycles. The molecule has 1 amide bonds. The van der Waals surface area contributed by atoms with Gasteiger partial charge in [-0.3, -0.25) is 14.5 Å². The monoisotopic (exact) mass is 407 g/mol. The number of carbonyl (C=O) groups excluding carboxylic acids is 2. The van der Waals surface area contributed by atoms with Gasteiger partial charge in [0.1, 0.15) is 5.56 Å². The Labute approximate surface area is 165 Å². The van der Waals surface area contributed by atoms with Crippen LogP contribution in [0.1, 0.15) is 35.0 Å². The molecule has 0 aliphatic carbocycles. The summed E-state index contributed by atoms with van der Waals surface area (Å²) in [5.41, 5.74) is 6.25. The molecule has 0 radical (unpaired) electrons. The lowest BCUT2D eigenvalue weighted by Crippen LogP contribution is -2.32. The van der Waals surface area contributed by atoms with Crippen LogP contribution >= 0.6 is 11.6 Å². The smallest absolute Gasteiger partial charge is 0.253 e. The minimum absolute atomic E-state index is 0.00462. The lowest BCUT2D eigenvalue weighted by atomic mass is 9.94. The second-order valence-electron chi connectivity index (χ2n) is 6.94. The van der Waals surface area contributed by atoms with Crippen LogP contribution in [-0.2, 0) is 4.79 Å². The Balaban J connectivity index is 2.16. The number of hydrogen-bond donors (Lipinski definition) is 2. The number of primary amides is 1. The number of aromatic nitrogens is 1. The number of nitrogens with zero attached hydrogens (tertiary/aromatic N) is 1. The van der Waals surface area contributed by atoms with Gasteiger partial charge in [0.2, 0.25) is 0 Å². The zero-order valence-electron chi connectivity index (χ0n) is 15.6. The van der Waals surface area contributed by atoms with E-state index in [1.807, 2.05) is 11.0 Å². The molecule has 0 saturated heterocycles. The van der Waals surface area contributed by atoms with Crippen LogP contribution in [0.5, 0.6) is 0 Å². The maximum atomic E-state index is 15.1. The van der Waals surface area contributed by atoms with E-state index in [-0.39, 0.29) is 33.8 Å². The number of ketones is 1. The van der Waals surface area contributed by atoms with Crippen LogP contribution in [0.15, 0.2) is 18.2 Å². The summed E-state index contributed by atoms with van der Waals surface area (Å²) in [7, 11) is 0. The number of carbonyl (C=O) groups is 2. The average molecular weight is 408 g/mol. The third kappa shape index (κ3) is 3.36. The molecule has 1 aliphatic rings. The Bertz CT molecular complexity index is 1060. The molecule has 2 heterocycles. The van der Waals surface area contributed by atoms with E-state index >= 15 is 4.39 Å². The molecule has 1 aromatic heterocycles. The largest absolute Gasteiger partial charge is 0.365 e. The predicted molar refractivity (Wildman–Crippen MR) is 105 cm³/mol. The van der Waals surface area contributed by atoms with Crippen LogP contribution < -0.4 is 5.73 Å². The molecule has 0 fully saturated rings. The summed E-state index contributed by atoms with van der Waals surface area (Å²) in [5.74, 6) is -3.67. The van der Waals surface area contributed by atoms with Crippen molar-refractivity contribution < 1.29 is 18.4 Å². The minimum atomic E-state index is -1.31. The first-order chi connectivity index (χ1) is 13.1. The summed E-state index contributed by atoms with van der Waals surface area (Å²) >= 11 is 6.36. The van der Waals surface area contributed by atoms with Crippen LogP contribution in [0.4, 0.5) is 8.78 Å². The summed E-state index contributed by atoms with van der Waals surface area (Å²) in [6.45, 7) is 8.11. The van der Waals surface area contributed by atoms with Gasteiger partial charge in [-0.2, -0.15) is 0 Å². The van der Waals surface area contributed by atoms with Gasteiger partial charge in [-0.1, -0.05) is 24.3 Å². The molecular weight excluding hydrogens is 388 g/mol. The van der Waals surface area contributed by atoms with Crippen molar-refractivity contribution in [3.8, 4) is 0 Å². The number of halogens is 3. The molecule has 2 aromatic rings. The van der Waals surface area contributed by atoms with Crippen molar-refractivity contribution in [2.75, 3.05) is 19.6 Å². The van der Waals surface area contributed by atoms with Crippen LogP contribution in [0.3, 0.4) is 0 Å². The first-order valence-electron chi connectivity index (χ1n) is 8.72. The zero-order valence-corrected chi connectivity index (χ0v) is 16.3. The average Bonchev–Trinajstić information content (AvgIpc) is 2.90. The van der Waals surface area contributed by atoms with Gasteiger partial charge >= 0.3 is 0 Å². The lowest BCUT2D eigenvalue weighted by Gasteiger charge is -2.28. The molecule has 3 rings (SSSR count). The highest BCUT2D eigenvalue weighted by atomic mass is 35.5. The van der Waals surface area contributed by atoms with Gasteiger partial charge in [0.15, 0.2) is 17.4 Å². The molecule has 0 saturated carbocycles. The maximum Gasteiger partial charge on any atom is 0.253 e. The van der Waals surface area contributed by atoms with Crippen LogP contribution in [0.2, 0.25) is 5.02 Å². The summed E-state index contributed by atoms with van der Waals surface area (Å²) in [6, 6.07) is 0. The van der Waals surface area contributed by atoms with Crippen molar-refractivity contribution in [3.63, 3.8) is 0 Å². The molecule has 1 aliphatic heterocycles. The number of aromatic amines is 1. The fourth-order valence-electron chi connectivity index (χ4n) is 3.50. The Kier molecular flexibility index (Phi) is 5.41. The van der Waals surface area contributed by atoms with Crippen molar-refractivity contribution in [1.29, 1.82) is 0 Å². The SMILES string of the molecule is C=C(CN1CCC=C(c2c(F)c(F)c(C(N)=O)c3[nH]c(C)c(Cl)c23)C1)C(C)=O. The van der Waals surface area contributed by atoms with Crippen LogP contribution in [-0.4, -0.2) is 41.2 Å². The second kappa shape index (κ2) is 7.48. The topological polar surface area (TPSA) is 79.2 Å². The van der Waals surface area contributed by atoms with Gasteiger partial charge in [-0.05, 0) is 25.8 Å². The summed E-state index contributed by atoms with van der Waals surface area (Å²) in [5, 5.41) is 0.433. The highest BCUT2D eigenvalue weighted by Crippen LogP contribution is 2.39. The second-order valence-corrected chi connectivity index (χ2v) is 7.32. The Morgan fingerprint density at radius 1 is 1.36 bits per heavy atom. The van der Waals surface area contributed by atoms with Crippen molar-refractivity contribution in [3.05, 3.63) is 51.7 Å². The maximum absolute atomic E-state index is 15.1. The molecule has 148 valence electrons. The number of amides is 1. The molecule has 28 heavy (non-hydrogen) atoms. The molecule has 5 nitrogen and oxygen atoms in total. The van der Waals surface area contributed by atoms with Gasteiger partial charge in [-0.15, -0.1) is 0 Å². The molecule has 0 unspecified atom stereocenters. The van der Waals surface area contributed by atoms with Gasteiger partial charge < -0.3 is 10.7 Å². The number of aryl methyl sites for hydroxylation is 1. The van der Waals surface area contributed by atoms with E-state index in [0.717, 1.165) is 0 Å². The number of nitrogens with one attached hydrogen (secondary N) is 1. The number of fused-ring (bicyclic) bond motifs is 1. The zero-order chi connectivity index (χ0) is 20.7. The first-order valence-corrected chi connectivity index (χ1v) is 9.10. The lowest BCUT2D eigenvalue weighted by molar-refractivity contribution is -0.113. The number of Topliss-reactive ketones (excluding diaryl/α,β-unsaturated/α-hetero) is 1. The molecule has 8 heteroatoms. The van der Waals surface area contributed by atoms with E-state index in [1.165, 1.54) is 6.92 Å². The standard InChI is InChI=1S/C20H20ClF2N3O2/c1-9(11(3)27)7-26-6-4-5-12(8-26)13-14-16(21)10(2)25-19(14)15(20(24)28)18(23)17(13)22/h5,25H,1,4,6-8H2,2-3H3,(H2,24,28). The molecular formula is C20H20ClF2N3O2. The number of H-pyrrole nitrogens is 1. The van der Waals surface area contributed by atoms with E-state index in [0.29, 0.717) is 36.4 Å². The minimum Gasteiger partial charge on any atom is -0.365 e. The normalized spacial score (nSPS) is 15.0. The Morgan fingerprint density at radius 3 is 2.64 bits per heavy atom. The van der Waals surface area contributed by atoms with E-state index in [2.05, 4.69) is 11.6 Å². The van der Waals surface area contributed by atoms with Crippen LogP contribution in [0, 0.1) is 18.6 Å². The van der Waals surface area contributed by atoms with Crippen LogP contribution in [0.25, 0.3) is 16.5 Å². The fraction of sp³-hybridized carbons (Fsp3) is 0.300. The number of hydrogen-bond acceptors (Lipinski definition) is 3. The van der Waals surface area contributed by atoms with Crippen molar-refractivity contribution in [2.24, 2.45) is 5.73 Å². The predicted octanol–water partition coefficient (Wildman–Crippen LogP) is 3.74. The number of rotatable bonds is 5. The number of nitrogens with two attached hydrogens (primary N) is 1. The highest BCUT2D eigenvalue weighted by Gasteiger charge is 2.29. The third-order valence-corrected chi connectivity index (χ3v) is 5.43. The van der Waals surface area contributed by atoms with Gasteiger partial charge in [0.25, 0.3) is 5.91 Å². The van der Waals surface area contributed by atoms with Crippen molar-refractivity contribution >= 4 is 39.8 Å². The summed E-state index contributed by atoms with van der Waals surface area (Å²) in [6.07, 6.45) is 2.40. The van der Waals surface area contributed by atoms with Gasteiger partial charge in [0, 0.05) is 41.9 Å². The highest BCUT2D eigenvalue weighted by molar-refractivity contribution is 6.37. The molecule has 0 atom stereocenters. The first kappa shape index (κ1) is 20.2. The molecule has 0 bridgehead atoms. The summed E-state index contributed by atoms with van der Waals surface area (Å²) < 4.78 is 29.8. The molecule has 0 spiro atoms. The van der Waals surface area contributed by atoms with Gasteiger partial charge in [-0.25, -0.2) is 8.78 Å².